The second kappa shape index (κ2) is 13.6. The second-order valence-electron chi connectivity index (χ2n) is 11.3. The summed E-state index contributed by atoms with van der Waals surface area (Å²) >= 11 is 0. The number of ether oxygens (including phenoxy) is 2. The lowest BCUT2D eigenvalue weighted by molar-refractivity contribution is -0.252. The predicted molar refractivity (Wildman–Crippen MR) is 163 cm³/mol. The third-order valence-electron chi connectivity index (χ3n) is 8.20. The Morgan fingerprint density at radius 2 is 1.74 bits per heavy atom. The SMILES string of the molecule is O=C(NCc1ccccc1-c1ccc([C@H]2O[C@@H](CN3CC[C@H](O)C3)C[C@@H](c3ccc(CO)cc3)O2)cc1)c1cccnc1. The molecular formula is C35H37N3O5. The Hall–Kier alpha value is -3.92. The van der Waals surface area contributed by atoms with Crippen LogP contribution in [0.25, 0.3) is 11.1 Å². The molecular weight excluding hydrogens is 542 g/mol. The Labute approximate surface area is 251 Å². The summed E-state index contributed by atoms with van der Waals surface area (Å²) in [5.74, 6) is -0.164. The molecule has 1 amide bonds. The Morgan fingerprint density at radius 1 is 0.953 bits per heavy atom. The number of aromatic nitrogens is 1. The van der Waals surface area contributed by atoms with Crippen molar-refractivity contribution in [2.75, 3.05) is 19.6 Å². The van der Waals surface area contributed by atoms with Crippen LogP contribution in [-0.4, -0.2) is 57.8 Å². The monoisotopic (exact) mass is 579 g/mol. The second-order valence-corrected chi connectivity index (χ2v) is 11.3. The van der Waals surface area contributed by atoms with Crippen LogP contribution >= 0.6 is 0 Å². The molecule has 43 heavy (non-hydrogen) atoms. The Kier molecular flexibility index (Phi) is 9.21. The van der Waals surface area contributed by atoms with Crippen LogP contribution in [0.4, 0.5) is 0 Å². The summed E-state index contributed by atoms with van der Waals surface area (Å²) < 4.78 is 13.0. The largest absolute Gasteiger partial charge is 0.392 e. The lowest BCUT2D eigenvalue weighted by Gasteiger charge is -2.38. The first-order valence-corrected chi connectivity index (χ1v) is 14.8. The average molecular weight is 580 g/mol. The van der Waals surface area contributed by atoms with Crippen LogP contribution in [0.2, 0.25) is 0 Å². The Morgan fingerprint density at radius 3 is 2.47 bits per heavy atom. The van der Waals surface area contributed by atoms with Crippen LogP contribution in [0, 0.1) is 0 Å². The molecule has 3 aromatic carbocycles. The van der Waals surface area contributed by atoms with Gasteiger partial charge in [-0.25, -0.2) is 0 Å². The number of pyridine rings is 1. The normalized spacial score (nSPS) is 22.4. The first-order valence-electron chi connectivity index (χ1n) is 14.8. The number of carbonyl (C=O) groups excluding carboxylic acids is 1. The summed E-state index contributed by atoms with van der Waals surface area (Å²) in [6.45, 7) is 2.66. The van der Waals surface area contributed by atoms with Gasteiger partial charge in [-0.05, 0) is 46.4 Å². The van der Waals surface area contributed by atoms with Gasteiger partial charge in [0.2, 0.25) is 0 Å². The van der Waals surface area contributed by atoms with Crippen molar-refractivity contribution in [3.05, 3.63) is 125 Å². The van der Waals surface area contributed by atoms with Gasteiger partial charge in [-0.1, -0.05) is 72.8 Å². The number of carbonyl (C=O) groups is 1. The molecule has 0 radical (unpaired) electrons. The quantitative estimate of drug-likeness (QED) is 0.262. The van der Waals surface area contributed by atoms with Gasteiger partial charge in [0.1, 0.15) is 0 Å². The molecule has 3 N–H and O–H groups in total. The Bertz CT molecular complexity index is 1500. The van der Waals surface area contributed by atoms with E-state index < -0.39 is 6.29 Å². The number of hydrogen-bond donors (Lipinski definition) is 3. The number of likely N-dealkylation sites (tertiary alicyclic amines) is 1. The number of nitrogens with one attached hydrogen (secondary N) is 1. The maximum absolute atomic E-state index is 12.6. The topological polar surface area (TPSA) is 104 Å². The van der Waals surface area contributed by atoms with E-state index in [1.54, 1.807) is 24.5 Å². The summed E-state index contributed by atoms with van der Waals surface area (Å²) in [5.41, 5.74) is 6.45. The van der Waals surface area contributed by atoms with Crippen molar-refractivity contribution in [3.8, 4) is 11.1 Å². The van der Waals surface area contributed by atoms with Crippen LogP contribution < -0.4 is 5.32 Å². The molecule has 0 bridgehead atoms. The fraction of sp³-hybridized carbons (Fsp3) is 0.314. The number of amides is 1. The highest BCUT2D eigenvalue weighted by Crippen LogP contribution is 2.39. The number of rotatable bonds is 9. The highest BCUT2D eigenvalue weighted by molar-refractivity contribution is 5.93. The van der Waals surface area contributed by atoms with Crippen molar-refractivity contribution in [1.82, 2.24) is 15.2 Å². The molecule has 2 fully saturated rings. The van der Waals surface area contributed by atoms with Crippen molar-refractivity contribution in [2.45, 2.75) is 50.6 Å². The lowest BCUT2D eigenvalue weighted by Crippen LogP contribution is -2.38. The molecule has 2 aliphatic heterocycles. The summed E-state index contributed by atoms with van der Waals surface area (Å²) in [5, 5.41) is 22.5. The zero-order valence-corrected chi connectivity index (χ0v) is 24.0. The van der Waals surface area contributed by atoms with Crippen molar-refractivity contribution >= 4 is 5.91 Å². The summed E-state index contributed by atoms with van der Waals surface area (Å²) in [7, 11) is 0. The molecule has 4 atom stereocenters. The van der Waals surface area contributed by atoms with E-state index in [4.69, 9.17) is 9.47 Å². The zero-order chi connectivity index (χ0) is 29.6. The fourth-order valence-electron chi connectivity index (χ4n) is 5.85. The van der Waals surface area contributed by atoms with E-state index in [2.05, 4.69) is 33.4 Å². The molecule has 0 saturated carbocycles. The lowest BCUT2D eigenvalue weighted by atomic mass is 9.97. The number of benzene rings is 3. The highest BCUT2D eigenvalue weighted by atomic mass is 16.7. The van der Waals surface area contributed by atoms with Crippen molar-refractivity contribution in [1.29, 1.82) is 0 Å². The minimum absolute atomic E-state index is 0.00377. The van der Waals surface area contributed by atoms with Crippen LogP contribution in [0.5, 0.6) is 0 Å². The molecule has 8 nitrogen and oxygen atoms in total. The van der Waals surface area contributed by atoms with E-state index in [0.29, 0.717) is 25.1 Å². The van der Waals surface area contributed by atoms with Crippen LogP contribution in [0.15, 0.2) is 97.3 Å². The van der Waals surface area contributed by atoms with Gasteiger partial charge >= 0.3 is 0 Å². The minimum atomic E-state index is -0.545. The third kappa shape index (κ3) is 7.18. The summed E-state index contributed by atoms with van der Waals surface area (Å²) in [4.78, 5) is 18.9. The molecule has 6 rings (SSSR count). The standard InChI is InChI=1S/C35H37N3O5/c39-23-24-7-9-26(10-8-24)33-18-31(22-38-17-15-30(40)21-38)42-35(43-33)27-13-11-25(12-14-27)32-6-2-1-4-28(32)20-37-34(41)29-5-3-16-36-19-29/h1-14,16,19,30-31,33,35,39-40H,15,17-18,20-23H2,(H,37,41)/t30-,31+,33-,35-/m0/s1. The molecule has 3 heterocycles. The molecule has 222 valence electrons. The number of β-amino-alcohol motifs (C(OH)–C–C–N with tert-alkyl or cyclic N) is 1. The van der Waals surface area contributed by atoms with E-state index in [1.165, 1.54) is 0 Å². The van der Waals surface area contributed by atoms with E-state index in [9.17, 15) is 15.0 Å². The number of hydrogen-bond acceptors (Lipinski definition) is 7. The van der Waals surface area contributed by atoms with Gasteiger partial charge in [-0.3, -0.25) is 14.7 Å². The maximum Gasteiger partial charge on any atom is 0.253 e. The molecule has 4 aromatic rings. The molecule has 2 aliphatic rings. The molecule has 0 unspecified atom stereocenters. The van der Waals surface area contributed by atoms with Crippen LogP contribution in [0.1, 0.15) is 57.8 Å². The van der Waals surface area contributed by atoms with Crippen LogP contribution in [0.3, 0.4) is 0 Å². The zero-order valence-electron chi connectivity index (χ0n) is 24.0. The Balaban J connectivity index is 1.18. The van der Waals surface area contributed by atoms with Gasteiger partial charge in [0.15, 0.2) is 6.29 Å². The van der Waals surface area contributed by atoms with Crippen molar-refractivity contribution in [2.24, 2.45) is 0 Å². The van der Waals surface area contributed by atoms with Gasteiger partial charge < -0.3 is 25.0 Å². The number of aliphatic hydroxyl groups is 2. The van der Waals surface area contributed by atoms with E-state index in [1.807, 2.05) is 54.6 Å². The predicted octanol–water partition coefficient (Wildman–Crippen LogP) is 4.78. The van der Waals surface area contributed by atoms with E-state index in [0.717, 1.165) is 52.9 Å². The highest BCUT2D eigenvalue weighted by Gasteiger charge is 2.34. The maximum atomic E-state index is 12.6. The van der Waals surface area contributed by atoms with Crippen LogP contribution in [-0.2, 0) is 22.6 Å². The van der Waals surface area contributed by atoms with Gasteiger partial charge in [-0.2, -0.15) is 0 Å². The third-order valence-corrected chi connectivity index (χ3v) is 8.20. The first-order chi connectivity index (χ1) is 21.1. The average Bonchev–Trinajstić information content (AvgIpc) is 3.48. The van der Waals surface area contributed by atoms with Gasteiger partial charge in [-0.15, -0.1) is 0 Å². The van der Waals surface area contributed by atoms with E-state index in [-0.39, 0.29) is 30.8 Å². The molecule has 0 spiro atoms. The number of aliphatic hydroxyl groups excluding tert-OH is 2. The molecule has 2 saturated heterocycles. The summed E-state index contributed by atoms with van der Waals surface area (Å²) in [6.07, 6.45) is 3.65. The molecule has 1 aromatic heterocycles. The molecule has 0 aliphatic carbocycles. The van der Waals surface area contributed by atoms with Gasteiger partial charge in [0.25, 0.3) is 5.91 Å². The summed E-state index contributed by atoms with van der Waals surface area (Å²) in [6, 6.07) is 27.6. The van der Waals surface area contributed by atoms with Crippen molar-refractivity contribution in [3.63, 3.8) is 0 Å². The first kappa shape index (κ1) is 29.2. The fourth-order valence-corrected chi connectivity index (χ4v) is 5.85. The smallest absolute Gasteiger partial charge is 0.253 e. The minimum Gasteiger partial charge on any atom is -0.392 e. The van der Waals surface area contributed by atoms with Crippen molar-refractivity contribution < 1.29 is 24.5 Å². The molecule has 8 heteroatoms. The van der Waals surface area contributed by atoms with Gasteiger partial charge in [0.05, 0.1) is 30.5 Å². The number of nitrogens with zero attached hydrogens (tertiary/aromatic N) is 2. The van der Waals surface area contributed by atoms with Gasteiger partial charge in [0, 0.05) is 50.6 Å². The van der Waals surface area contributed by atoms with E-state index >= 15 is 0 Å².